The standard InChI is InChI=1S/C27H29N5O6S.C25H24ClN5O4S.C15H10Cl2N4O2.C10H15NO2S.C2H6O2.Na.H/c1-27(2,3)18-10-12-19(13-11-18)39(34,35)32-23-22(38-21-9-6-5-8-20(21)36-4)26(37-17-16-33)31-25(30-23)24-28-14-7-15-29-24;1-25(2,3)16-10-12-17(13-11-16)36(32,33)31-22-20(35-19-9-6-5-8-18(19)34-4)21(26)29-24(30-22)23-27-14-7-15-28-23;1-22-9-5-2-3-6-10(9)23-11-12(16)20-15(21-13(11)17)14-18-7-4-8-19-14;1-10(2,3)8-4-6-9(7-5-8)14(11,12)13;3-1-2-4;;/h5-15,33H,16-17H2,1-4H3,(H,30,31,32);5-15H,1-4H3,(H,29,30,31);2-8H,1H3;4-7H,1-3H3,(H2,11,12,13);3-4H,1-2H2;;/q;;;;;+1;-1. The Morgan fingerprint density at radius 1 is 0.368 bits per heavy atom. The number of hydrogen-bond donors (Lipinski definition) is 6. The Morgan fingerprint density at radius 2 is 0.650 bits per heavy atom. The number of hydrogen-bond acceptors (Lipinski definition) is 28. The van der Waals surface area contributed by atoms with E-state index in [9.17, 15) is 30.4 Å². The van der Waals surface area contributed by atoms with E-state index in [1.165, 1.54) is 82.5 Å². The van der Waals surface area contributed by atoms with Gasteiger partial charge in [0.05, 0.1) is 55.8 Å². The van der Waals surface area contributed by atoms with Crippen LogP contribution in [0.5, 0.6) is 57.6 Å². The number of primary sulfonamides is 1. The van der Waals surface area contributed by atoms with Gasteiger partial charge in [-0.3, -0.25) is 9.44 Å². The van der Waals surface area contributed by atoms with Crippen LogP contribution in [0.25, 0.3) is 34.9 Å². The largest absolute Gasteiger partial charge is 1.00 e. The Balaban J connectivity index is 0.000000252. The molecule has 0 spiro atoms. The number of nitrogens with zero attached hydrogens (tertiary/aromatic N) is 12. The van der Waals surface area contributed by atoms with Gasteiger partial charge in [0.1, 0.15) is 6.61 Å². The summed E-state index contributed by atoms with van der Waals surface area (Å²) in [7, 11) is -7.28. The number of methoxy groups -OCH3 is 3. The zero-order valence-corrected chi connectivity index (χ0v) is 72.5. The van der Waals surface area contributed by atoms with Gasteiger partial charge in [-0.25, -0.2) is 85.2 Å². The first-order valence-corrected chi connectivity index (χ1v) is 40.5. The van der Waals surface area contributed by atoms with E-state index in [-0.39, 0.29) is 173 Å². The van der Waals surface area contributed by atoms with E-state index in [2.05, 4.69) is 90.0 Å². The van der Waals surface area contributed by atoms with E-state index < -0.39 is 30.1 Å². The number of aromatic nitrogens is 12. The third-order valence-corrected chi connectivity index (χ3v) is 20.0. The van der Waals surface area contributed by atoms with Crippen molar-refractivity contribution in [2.45, 2.75) is 93.2 Å². The number of nitrogens with two attached hydrogens (primary N) is 1. The number of sulfonamides is 3. The fraction of sp³-hybridized carbons (Fsp3) is 0.241. The van der Waals surface area contributed by atoms with E-state index >= 15 is 0 Å². The Kier molecular flexibility index (Phi) is 34.1. The summed E-state index contributed by atoms with van der Waals surface area (Å²) in [6, 6.07) is 45.5. The van der Waals surface area contributed by atoms with Crippen LogP contribution in [0, 0.1) is 0 Å². The van der Waals surface area contributed by atoms with E-state index in [1.807, 2.05) is 47.6 Å². The number of aliphatic hydroxyl groups excluding tert-OH is 3. The van der Waals surface area contributed by atoms with Crippen LogP contribution in [0.1, 0.15) is 80.4 Å². The van der Waals surface area contributed by atoms with Crippen molar-refractivity contribution in [2.75, 3.05) is 57.2 Å². The van der Waals surface area contributed by atoms with Crippen molar-refractivity contribution < 1.29 is 105 Å². The van der Waals surface area contributed by atoms with Crippen LogP contribution in [0.15, 0.2) is 216 Å². The zero-order chi connectivity index (χ0) is 84.6. The van der Waals surface area contributed by atoms with Crippen molar-refractivity contribution in [1.82, 2.24) is 59.8 Å². The smallest absolute Gasteiger partial charge is 1.00 e. The molecule has 0 unspecified atom stereocenters. The minimum Gasteiger partial charge on any atom is -1.00 e. The summed E-state index contributed by atoms with van der Waals surface area (Å²) in [5.74, 6) is 2.55. The van der Waals surface area contributed by atoms with Gasteiger partial charge in [0.15, 0.2) is 79.1 Å². The summed E-state index contributed by atoms with van der Waals surface area (Å²) < 4.78 is 120. The Morgan fingerprint density at radius 3 is 0.957 bits per heavy atom. The van der Waals surface area contributed by atoms with Gasteiger partial charge in [0, 0.05) is 37.2 Å². The number of benzene rings is 6. The molecule has 0 aliphatic rings. The molecule has 38 heteroatoms. The number of para-hydroxylation sites is 6. The summed E-state index contributed by atoms with van der Waals surface area (Å²) in [5, 5.41) is 29.6. The second-order valence-electron chi connectivity index (χ2n) is 27.1. The molecule has 0 aliphatic heterocycles. The molecule has 12 rings (SSSR count). The van der Waals surface area contributed by atoms with Gasteiger partial charge < -0.3 is 49.9 Å². The monoisotopic (exact) mass is 1720 g/mol. The number of halogens is 3. The quantitative estimate of drug-likeness (QED) is 0.0256. The molecular formula is C79H85Cl3N15NaO16S3. The third kappa shape index (κ3) is 26.8. The molecular weight excluding hydrogens is 1640 g/mol. The van der Waals surface area contributed by atoms with Crippen LogP contribution < -0.4 is 77.3 Å². The number of anilines is 2. The predicted octanol–water partition coefficient (Wildman–Crippen LogP) is 11.5. The average Bonchev–Trinajstić information content (AvgIpc) is 0.780. The van der Waals surface area contributed by atoms with Gasteiger partial charge in [0.25, 0.3) is 25.9 Å². The van der Waals surface area contributed by atoms with Crippen molar-refractivity contribution in [3.05, 3.63) is 233 Å². The summed E-state index contributed by atoms with van der Waals surface area (Å²) >= 11 is 18.8. The SMILES string of the molecule is CC(C)(C)c1ccc(S(N)(=O)=O)cc1.COc1ccccc1Oc1c(Cl)nc(-c2ncccn2)nc1Cl.COc1ccccc1Oc1c(Cl)nc(-c2ncccn2)nc1NS(=O)(=O)c1ccc(C(C)(C)C)cc1.COc1ccccc1Oc1c(NS(=O)(=O)c2ccc(C(C)(C)C)cc2)nc(-c2ncccn2)nc1OCCO.OCCO.[H-].[Na+]. The average molecular weight is 1730 g/mol. The minimum absolute atomic E-state index is 0. The van der Waals surface area contributed by atoms with Gasteiger partial charge in [-0.15, -0.1) is 0 Å². The van der Waals surface area contributed by atoms with Crippen molar-refractivity contribution in [2.24, 2.45) is 5.14 Å². The number of ether oxygens (including phenoxy) is 7. The van der Waals surface area contributed by atoms with Crippen LogP contribution >= 0.6 is 34.8 Å². The van der Waals surface area contributed by atoms with Crippen LogP contribution in [-0.4, -0.2) is 148 Å². The number of aliphatic hydroxyl groups is 3. The molecule has 0 saturated carbocycles. The van der Waals surface area contributed by atoms with Crippen LogP contribution in [0.3, 0.4) is 0 Å². The van der Waals surface area contributed by atoms with E-state index in [0.29, 0.717) is 34.6 Å². The Hall–Kier alpha value is -10.4. The zero-order valence-electron chi connectivity index (χ0n) is 66.8. The molecule has 12 aromatic rings. The van der Waals surface area contributed by atoms with E-state index in [4.69, 9.17) is 83.3 Å². The molecule has 612 valence electrons. The molecule has 0 fully saturated rings. The topological polar surface area (TPSA) is 432 Å². The maximum absolute atomic E-state index is 13.5. The first kappa shape index (κ1) is 93.7. The Bertz CT molecular complexity index is 5590. The first-order valence-electron chi connectivity index (χ1n) is 34.8. The molecule has 0 bridgehead atoms. The maximum atomic E-state index is 13.5. The van der Waals surface area contributed by atoms with Gasteiger partial charge in [-0.2, -0.15) is 4.98 Å². The van der Waals surface area contributed by atoms with Crippen LogP contribution in [0.4, 0.5) is 11.6 Å². The molecule has 0 radical (unpaired) electrons. The molecule has 0 atom stereocenters. The molecule has 0 amide bonds. The normalized spacial score (nSPS) is 11.3. The van der Waals surface area contributed by atoms with Crippen molar-refractivity contribution in [1.29, 1.82) is 0 Å². The molecule has 6 heterocycles. The molecule has 0 aliphatic carbocycles. The minimum atomic E-state index is -4.14. The molecule has 31 nitrogen and oxygen atoms in total. The fourth-order valence-corrected chi connectivity index (χ4v) is 12.9. The van der Waals surface area contributed by atoms with Gasteiger partial charge >= 0.3 is 29.6 Å². The fourth-order valence-electron chi connectivity index (χ4n) is 9.66. The summed E-state index contributed by atoms with van der Waals surface area (Å²) in [5.41, 5.74) is 2.81. The molecule has 117 heavy (non-hydrogen) atoms. The maximum Gasteiger partial charge on any atom is 1.00 e. The van der Waals surface area contributed by atoms with Gasteiger partial charge in [-0.05, 0) is 124 Å². The first-order chi connectivity index (χ1) is 55.0. The third-order valence-electron chi connectivity index (χ3n) is 15.6. The number of rotatable bonds is 23. The van der Waals surface area contributed by atoms with E-state index in [1.54, 1.807) is 134 Å². The van der Waals surface area contributed by atoms with E-state index in [0.717, 1.165) is 16.7 Å². The second-order valence-corrected chi connectivity index (χ2v) is 33.1. The van der Waals surface area contributed by atoms with Crippen molar-refractivity contribution in [3.8, 4) is 92.6 Å². The molecule has 6 aromatic carbocycles. The van der Waals surface area contributed by atoms with Gasteiger partial charge in [0.2, 0.25) is 44.7 Å². The summed E-state index contributed by atoms with van der Waals surface area (Å²) in [6.07, 6.45) is 9.18. The summed E-state index contributed by atoms with van der Waals surface area (Å²) in [6.45, 7) is 17.8. The second kappa shape index (κ2) is 42.6. The Labute approximate surface area is 716 Å². The van der Waals surface area contributed by atoms with Crippen LogP contribution in [-0.2, 0) is 46.3 Å². The van der Waals surface area contributed by atoms with Crippen LogP contribution in [0.2, 0.25) is 15.5 Å². The number of nitrogens with one attached hydrogen (secondary N) is 2. The molecule has 6 aromatic heterocycles. The van der Waals surface area contributed by atoms with Crippen molar-refractivity contribution in [3.63, 3.8) is 0 Å². The van der Waals surface area contributed by atoms with Gasteiger partial charge in [-0.1, -0.05) is 170 Å². The molecule has 0 saturated heterocycles. The predicted molar refractivity (Wildman–Crippen MR) is 440 cm³/mol. The summed E-state index contributed by atoms with van der Waals surface area (Å²) in [4.78, 5) is 50.5. The molecule has 7 N–H and O–H groups in total. The van der Waals surface area contributed by atoms with Crippen molar-refractivity contribution >= 4 is 76.5 Å².